The molecule has 0 saturated carbocycles. The number of ketones is 4. The molecule has 31 heavy (non-hydrogen) atoms. The van der Waals surface area contributed by atoms with Gasteiger partial charge in [-0.05, 0) is 27.7 Å². The zero-order valence-electron chi connectivity index (χ0n) is 19.6. The van der Waals surface area contributed by atoms with Crippen molar-refractivity contribution < 1.29 is 64.8 Å². The Morgan fingerprint density at radius 3 is 1.13 bits per heavy atom. The average Bonchev–Trinajstić information content (AvgIpc) is 2.61. The molecule has 0 aromatic heterocycles. The van der Waals surface area contributed by atoms with Gasteiger partial charge in [-0.3, -0.25) is 19.2 Å². The molecule has 0 rings (SSSR count). The van der Waals surface area contributed by atoms with Gasteiger partial charge in [-0.1, -0.05) is 0 Å². The van der Waals surface area contributed by atoms with Crippen LogP contribution in [0.5, 0.6) is 0 Å². The number of rotatable bonds is 12. The minimum atomic E-state index is -1.09. The zero-order chi connectivity index (χ0) is 25.0. The summed E-state index contributed by atoms with van der Waals surface area (Å²) < 4.78 is 19.2. The van der Waals surface area contributed by atoms with E-state index in [1.807, 2.05) is 0 Å². The van der Waals surface area contributed by atoms with Crippen molar-refractivity contribution in [3.63, 3.8) is 0 Å². The zero-order valence-corrected chi connectivity index (χ0v) is 21.1. The Morgan fingerprint density at radius 1 is 0.645 bits per heavy atom. The molecule has 0 aliphatic heterocycles. The van der Waals surface area contributed by atoms with Crippen molar-refractivity contribution in [2.45, 2.75) is 80.4 Å². The van der Waals surface area contributed by atoms with Crippen LogP contribution in [0.25, 0.3) is 0 Å². The van der Waals surface area contributed by atoms with Crippen LogP contribution >= 0.6 is 0 Å². The van der Waals surface area contributed by atoms with Crippen molar-refractivity contribution in [3.8, 4) is 0 Å². The summed E-state index contributed by atoms with van der Waals surface area (Å²) in [5.74, 6) is -1.25. The molecule has 178 valence electrons. The second-order valence-corrected chi connectivity index (χ2v) is 7.19. The van der Waals surface area contributed by atoms with E-state index in [1.54, 1.807) is 27.7 Å². The summed E-state index contributed by atoms with van der Waals surface area (Å²) in [7, 11) is 0. The van der Waals surface area contributed by atoms with Crippen LogP contribution in [0.2, 0.25) is 0 Å². The van der Waals surface area contributed by atoms with Gasteiger partial charge in [0.05, 0.1) is 13.2 Å². The quantitative estimate of drug-likeness (QED) is 0.230. The summed E-state index contributed by atoms with van der Waals surface area (Å²) in [4.78, 5) is 62.7. The van der Waals surface area contributed by atoms with E-state index in [0.29, 0.717) is 13.2 Å². The summed E-state index contributed by atoms with van der Waals surface area (Å²) in [5, 5.41) is 0. The Morgan fingerprint density at radius 2 is 0.935 bits per heavy atom. The Labute approximate surface area is 193 Å². The predicted octanol–water partition coefficient (Wildman–Crippen LogP) is 1.94. The summed E-state index contributed by atoms with van der Waals surface area (Å²) in [6.07, 6.45) is -1.04. The van der Waals surface area contributed by atoms with E-state index in [1.165, 1.54) is 27.7 Å². The maximum absolute atomic E-state index is 10.7. The molecule has 2 atom stereocenters. The molecule has 0 aliphatic carbocycles. The summed E-state index contributed by atoms with van der Waals surface area (Å²) in [6.45, 7) is 13.1. The predicted molar refractivity (Wildman–Crippen MR) is 106 cm³/mol. The molecule has 0 radical (unpaired) electrons. The standard InChI is InChI=1S/2C6H10O3.2C4H7O2.Ti/c2*1-3-9-6(8)4-5(2)7;2*1-3(5)4(2)6;/h2*3-4H2,1-2H3;2*3H,1-2H3;/q;;2*-1;+2. The first-order chi connectivity index (χ1) is 14.3. The number of Topliss-reactive ketones (excluding diaryl/α,β-unsaturated/α-hetero) is 4. The van der Waals surface area contributed by atoms with Gasteiger partial charge in [0.1, 0.15) is 24.4 Å². The van der Waals surface area contributed by atoms with Crippen LogP contribution in [0.15, 0.2) is 0 Å². The SMILES string of the molecule is CC(=O)C(C)[O][Ti][O]C(C)C(C)=O.CCOC(=O)CC(C)=O.CCOC(=O)CC(C)=O. The van der Waals surface area contributed by atoms with Crippen LogP contribution in [-0.2, 0) is 64.8 Å². The molecule has 0 amide bonds. The molecule has 0 aromatic carbocycles. The van der Waals surface area contributed by atoms with Crippen LogP contribution in [-0.4, -0.2) is 60.5 Å². The summed E-state index contributed by atoms with van der Waals surface area (Å²) in [5.41, 5.74) is 0. The molecule has 2 unspecified atom stereocenters. The molecule has 0 fully saturated rings. The number of esters is 2. The molecule has 0 aliphatic rings. The fourth-order valence-corrected chi connectivity index (χ4v) is 2.22. The van der Waals surface area contributed by atoms with Crippen molar-refractivity contribution in [1.82, 2.24) is 0 Å². The Bertz CT molecular complexity index is 539. The van der Waals surface area contributed by atoms with Crippen molar-refractivity contribution in [2.75, 3.05) is 13.2 Å². The number of hydrogen-bond donors (Lipinski definition) is 0. The van der Waals surface area contributed by atoms with Gasteiger partial charge in [-0.25, -0.2) is 0 Å². The van der Waals surface area contributed by atoms with Crippen LogP contribution in [0.3, 0.4) is 0 Å². The maximum atomic E-state index is 10.7. The molecule has 0 bridgehead atoms. The van der Waals surface area contributed by atoms with Gasteiger partial charge >= 0.3 is 99.6 Å². The van der Waals surface area contributed by atoms with E-state index in [4.69, 9.17) is 6.64 Å². The monoisotopic (exact) mass is 482 g/mol. The Hall–Kier alpha value is -1.75. The average molecular weight is 482 g/mol. The van der Waals surface area contributed by atoms with Crippen molar-refractivity contribution >= 4 is 35.1 Å². The third-order valence-corrected chi connectivity index (χ3v) is 4.40. The first-order valence-electron chi connectivity index (χ1n) is 9.65. The van der Waals surface area contributed by atoms with Gasteiger partial charge in [-0.15, -0.1) is 0 Å². The van der Waals surface area contributed by atoms with Gasteiger partial charge in [0.25, 0.3) is 0 Å². The van der Waals surface area contributed by atoms with E-state index in [-0.39, 0.29) is 36.0 Å². The fourth-order valence-electron chi connectivity index (χ4n) is 1.17. The number of carbonyl (C=O) groups is 6. The Balaban J connectivity index is -0.000000390. The first kappa shape index (κ1) is 33.9. The topological polar surface area (TPSA) is 139 Å². The minimum absolute atomic E-state index is 0.0252. The second-order valence-electron chi connectivity index (χ2n) is 6.19. The number of carbonyl (C=O) groups excluding carboxylic acids is 6. The smallest absolute Gasteiger partial charge is 0.313 e. The molecular formula is C20H34O10Ti. The van der Waals surface area contributed by atoms with Gasteiger partial charge in [0.2, 0.25) is 0 Å². The van der Waals surface area contributed by atoms with Crippen molar-refractivity contribution in [1.29, 1.82) is 0 Å². The third kappa shape index (κ3) is 28.3. The number of ether oxygens (including phenoxy) is 2. The van der Waals surface area contributed by atoms with Crippen LogP contribution in [0, 0.1) is 0 Å². The largest absolute Gasteiger partial charge is 0.466 e. The van der Waals surface area contributed by atoms with E-state index in [9.17, 15) is 28.8 Å². The minimum Gasteiger partial charge on any atom is -0.466 e. The van der Waals surface area contributed by atoms with Crippen molar-refractivity contribution in [2.24, 2.45) is 0 Å². The van der Waals surface area contributed by atoms with Gasteiger partial charge < -0.3 is 9.47 Å². The van der Waals surface area contributed by atoms with E-state index < -0.39 is 44.1 Å². The maximum Gasteiger partial charge on any atom is 0.313 e. The van der Waals surface area contributed by atoms with E-state index in [0.717, 1.165) is 0 Å². The molecular weight excluding hydrogens is 448 g/mol. The second kappa shape index (κ2) is 21.5. The molecule has 0 heterocycles. The van der Waals surface area contributed by atoms with Gasteiger partial charge in [0, 0.05) is 0 Å². The molecule has 0 spiro atoms. The number of hydrogen-bond acceptors (Lipinski definition) is 10. The summed E-state index contributed by atoms with van der Waals surface area (Å²) >= 11 is -1.09. The normalized spacial score (nSPS) is 11.2. The fraction of sp³-hybridized carbons (Fsp3) is 0.700. The third-order valence-electron chi connectivity index (χ3n) is 2.99. The molecule has 0 N–H and O–H groups in total. The Kier molecular flexibility index (Phi) is 23.5. The van der Waals surface area contributed by atoms with Gasteiger partial charge in [0.15, 0.2) is 0 Å². The van der Waals surface area contributed by atoms with E-state index in [2.05, 4.69) is 9.47 Å². The molecule has 0 aromatic rings. The van der Waals surface area contributed by atoms with Gasteiger partial charge in [-0.2, -0.15) is 0 Å². The van der Waals surface area contributed by atoms with Crippen LogP contribution in [0.4, 0.5) is 0 Å². The van der Waals surface area contributed by atoms with E-state index >= 15 is 0 Å². The molecule has 10 nitrogen and oxygen atoms in total. The molecule has 0 saturated heterocycles. The summed E-state index contributed by atoms with van der Waals surface area (Å²) in [6, 6.07) is 0. The molecule has 11 heteroatoms. The van der Waals surface area contributed by atoms with Crippen molar-refractivity contribution in [3.05, 3.63) is 0 Å². The first-order valence-corrected chi connectivity index (χ1v) is 10.9. The van der Waals surface area contributed by atoms with Crippen LogP contribution < -0.4 is 0 Å². The van der Waals surface area contributed by atoms with Crippen LogP contribution in [0.1, 0.15) is 68.2 Å².